The van der Waals surface area contributed by atoms with Crippen molar-refractivity contribution in [1.82, 2.24) is 5.32 Å². The summed E-state index contributed by atoms with van der Waals surface area (Å²) in [7, 11) is 0. The minimum atomic E-state index is -0.715. The molecule has 0 aliphatic rings. The molecule has 13 heteroatoms. The molecule has 0 heterocycles. The zero-order valence-electron chi connectivity index (χ0n) is 26.4. The average Bonchev–Trinajstić information content (AvgIpc) is 3.12. The van der Waals surface area contributed by atoms with Gasteiger partial charge in [-0.25, -0.2) is 0 Å². The molecule has 0 aromatic heterocycles. The Morgan fingerprint density at radius 2 is 1.38 bits per heavy atom. The summed E-state index contributed by atoms with van der Waals surface area (Å²) in [6, 6.07) is 34.1. The lowest BCUT2D eigenvalue weighted by molar-refractivity contribution is -0.385. The maximum atomic E-state index is 13.6. The van der Waals surface area contributed by atoms with Crippen LogP contribution < -0.4 is 16.0 Å². The fourth-order valence-corrected chi connectivity index (χ4v) is 5.85. The van der Waals surface area contributed by atoms with Gasteiger partial charge in [0.2, 0.25) is 5.91 Å². The average molecular weight is 688 g/mol. The Morgan fingerprint density at radius 3 is 2.02 bits per heavy atom. The van der Waals surface area contributed by atoms with Gasteiger partial charge in [-0.2, -0.15) is 0 Å². The van der Waals surface area contributed by atoms with E-state index in [1.165, 1.54) is 54.2 Å². The Hall–Kier alpha value is -6.60. The number of nitro benzene ring substituents is 2. The van der Waals surface area contributed by atoms with Crippen LogP contribution in [0.3, 0.4) is 0 Å². The van der Waals surface area contributed by atoms with Crippen molar-refractivity contribution in [2.75, 3.05) is 10.6 Å². The Labute approximate surface area is 290 Å². The van der Waals surface area contributed by atoms with Gasteiger partial charge in [0.25, 0.3) is 23.2 Å². The number of rotatable bonds is 12. The predicted molar refractivity (Wildman–Crippen MR) is 192 cm³/mol. The van der Waals surface area contributed by atoms with E-state index in [4.69, 9.17) is 0 Å². The lowest BCUT2D eigenvalue weighted by Gasteiger charge is -2.18. The Morgan fingerprint density at radius 1 is 0.740 bits per heavy atom. The first kappa shape index (κ1) is 34.7. The molecule has 50 heavy (non-hydrogen) atoms. The van der Waals surface area contributed by atoms with E-state index >= 15 is 0 Å². The molecule has 0 aliphatic heterocycles. The molecule has 12 nitrogen and oxygen atoms in total. The quantitative estimate of drug-likeness (QED) is 0.0518. The monoisotopic (exact) mass is 687 g/mol. The topological polar surface area (TPSA) is 174 Å². The Kier molecular flexibility index (Phi) is 11.1. The first-order valence-electron chi connectivity index (χ1n) is 15.1. The van der Waals surface area contributed by atoms with Crippen LogP contribution >= 0.6 is 11.8 Å². The molecule has 0 aliphatic carbocycles. The van der Waals surface area contributed by atoms with Gasteiger partial charge in [0, 0.05) is 40.0 Å². The summed E-state index contributed by atoms with van der Waals surface area (Å²) in [5, 5.41) is 30.3. The highest BCUT2D eigenvalue weighted by atomic mass is 32.2. The minimum absolute atomic E-state index is 0.0794. The highest BCUT2D eigenvalue weighted by Crippen LogP contribution is 2.37. The number of non-ortho nitro benzene ring substituents is 1. The number of thioether (sulfide) groups is 1. The molecule has 1 unspecified atom stereocenters. The third kappa shape index (κ3) is 8.85. The van der Waals surface area contributed by atoms with E-state index in [9.17, 15) is 34.6 Å². The van der Waals surface area contributed by atoms with Crippen LogP contribution in [-0.4, -0.2) is 27.6 Å². The number of nitrogens with one attached hydrogen (secondary N) is 3. The molecule has 0 saturated heterocycles. The first-order valence-corrected chi connectivity index (χ1v) is 16.0. The number of hydrogen-bond acceptors (Lipinski definition) is 8. The van der Waals surface area contributed by atoms with Crippen molar-refractivity contribution in [3.8, 4) is 0 Å². The zero-order valence-corrected chi connectivity index (χ0v) is 27.3. The van der Waals surface area contributed by atoms with E-state index in [1.54, 1.807) is 67.6 Å². The van der Waals surface area contributed by atoms with Gasteiger partial charge < -0.3 is 16.0 Å². The third-order valence-corrected chi connectivity index (χ3v) is 8.61. The molecule has 0 bridgehead atoms. The molecule has 0 spiro atoms. The van der Waals surface area contributed by atoms with Crippen LogP contribution in [0.1, 0.15) is 32.3 Å². The fourth-order valence-electron chi connectivity index (χ4n) is 4.83. The van der Waals surface area contributed by atoms with Crippen LogP contribution in [0.4, 0.5) is 22.7 Å². The fraction of sp³-hybridized carbons (Fsp3) is 0.0541. The largest absolute Gasteiger partial charge is 0.325 e. The second kappa shape index (κ2) is 16.0. The number of anilines is 2. The molecule has 5 rings (SSSR count). The first-order chi connectivity index (χ1) is 24.1. The van der Waals surface area contributed by atoms with E-state index in [-0.39, 0.29) is 34.1 Å². The molecular formula is C37H29N5O7S. The predicted octanol–water partition coefficient (Wildman–Crippen LogP) is 7.69. The Balaban J connectivity index is 1.36. The van der Waals surface area contributed by atoms with E-state index in [1.807, 2.05) is 30.3 Å². The van der Waals surface area contributed by atoms with Gasteiger partial charge >= 0.3 is 0 Å². The van der Waals surface area contributed by atoms with Gasteiger partial charge in [-0.1, -0.05) is 60.7 Å². The molecule has 5 aromatic carbocycles. The SMILES string of the molecule is Cc1cc([N+](=O)[O-])ccc1NC(=O)C(Sc1ccc(NC(=O)/C(=C/c2ccccc2[N+](=O)[O-])NC(=O)c2ccccc2)cc1)c1ccccc1. The summed E-state index contributed by atoms with van der Waals surface area (Å²) < 4.78 is 0. The standard InChI is InChI=1S/C37H29N5O7S/c1-24-22-29(41(46)47)18-21-31(24)39-37(45)34(25-10-4-2-5-11-25)50-30-19-16-28(17-20-30)38-36(44)32(40-35(43)26-12-6-3-7-13-26)23-27-14-8-9-15-33(27)42(48)49/h2-23,34H,1H3,(H,38,44)(H,39,45)(H,40,43)/b32-23-. The van der Waals surface area contributed by atoms with Gasteiger partial charge in [-0.3, -0.25) is 34.6 Å². The van der Waals surface area contributed by atoms with Crippen LogP contribution in [0.5, 0.6) is 0 Å². The Bertz CT molecular complexity index is 2090. The van der Waals surface area contributed by atoms with Crippen molar-refractivity contribution in [3.05, 3.63) is 176 Å². The van der Waals surface area contributed by atoms with Crippen molar-refractivity contribution in [3.63, 3.8) is 0 Å². The number of hydrogen-bond donors (Lipinski definition) is 3. The van der Waals surface area contributed by atoms with E-state index in [2.05, 4.69) is 16.0 Å². The normalized spacial score (nSPS) is 11.6. The summed E-state index contributed by atoms with van der Waals surface area (Å²) >= 11 is 1.26. The van der Waals surface area contributed by atoms with Gasteiger partial charge in [0.15, 0.2) is 0 Å². The molecule has 1 atom stereocenters. The summed E-state index contributed by atoms with van der Waals surface area (Å²) in [6.07, 6.45) is 1.24. The number of carbonyl (C=O) groups excluding carboxylic acids is 3. The van der Waals surface area contributed by atoms with E-state index in [0.717, 1.165) is 5.56 Å². The third-order valence-electron chi connectivity index (χ3n) is 7.35. The molecule has 0 saturated carbocycles. The van der Waals surface area contributed by atoms with Crippen molar-refractivity contribution in [2.45, 2.75) is 17.1 Å². The number of nitro groups is 2. The summed E-state index contributed by atoms with van der Waals surface area (Å²) in [5.74, 6) is -1.63. The smallest absolute Gasteiger partial charge is 0.276 e. The maximum Gasteiger partial charge on any atom is 0.276 e. The second-order valence-corrected chi connectivity index (χ2v) is 12.0. The summed E-state index contributed by atoms with van der Waals surface area (Å²) in [6.45, 7) is 1.68. The molecule has 0 fully saturated rings. The van der Waals surface area contributed by atoms with E-state index < -0.39 is 26.9 Å². The zero-order chi connectivity index (χ0) is 35.6. The van der Waals surface area contributed by atoms with Gasteiger partial charge in [-0.15, -0.1) is 11.8 Å². The van der Waals surface area contributed by atoms with Crippen molar-refractivity contribution < 1.29 is 24.2 Å². The number of nitrogens with zero attached hydrogens (tertiary/aromatic N) is 2. The molecule has 250 valence electrons. The van der Waals surface area contributed by atoms with Crippen molar-refractivity contribution in [2.24, 2.45) is 0 Å². The van der Waals surface area contributed by atoms with Crippen LogP contribution in [0.25, 0.3) is 6.08 Å². The van der Waals surface area contributed by atoms with Crippen LogP contribution in [0.2, 0.25) is 0 Å². The second-order valence-electron chi connectivity index (χ2n) is 10.8. The number of para-hydroxylation sites is 1. The van der Waals surface area contributed by atoms with Crippen molar-refractivity contribution >= 4 is 58.3 Å². The summed E-state index contributed by atoms with van der Waals surface area (Å²) in [4.78, 5) is 62.5. The number of aryl methyl sites for hydroxylation is 1. The molecule has 5 aromatic rings. The van der Waals surface area contributed by atoms with E-state index in [0.29, 0.717) is 21.8 Å². The van der Waals surface area contributed by atoms with Crippen LogP contribution in [0, 0.1) is 27.2 Å². The molecule has 0 radical (unpaired) electrons. The molecule has 3 amide bonds. The molecule has 3 N–H and O–H groups in total. The lowest BCUT2D eigenvalue weighted by Crippen LogP contribution is -2.30. The lowest BCUT2D eigenvalue weighted by atomic mass is 10.1. The van der Waals surface area contributed by atoms with Gasteiger partial charge in [0.1, 0.15) is 10.9 Å². The maximum absolute atomic E-state index is 13.6. The summed E-state index contributed by atoms with van der Waals surface area (Å²) in [5.41, 5.74) is 1.96. The minimum Gasteiger partial charge on any atom is -0.325 e. The van der Waals surface area contributed by atoms with Crippen LogP contribution in [0.15, 0.2) is 138 Å². The van der Waals surface area contributed by atoms with Gasteiger partial charge in [0.05, 0.1) is 15.4 Å². The highest BCUT2D eigenvalue weighted by molar-refractivity contribution is 8.00. The number of carbonyl (C=O) groups is 3. The number of benzene rings is 5. The van der Waals surface area contributed by atoms with Gasteiger partial charge in [-0.05, 0) is 72.7 Å². The highest BCUT2D eigenvalue weighted by Gasteiger charge is 2.24. The van der Waals surface area contributed by atoms with Crippen LogP contribution in [-0.2, 0) is 9.59 Å². The van der Waals surface area contributed by atoms with Crippen molar-refractivity contribution in [1.29, 1.82) is 0 Å². The number of amides is 3. The molecular weight excluding hydrogens is 659 g/mol.